The van der Waals surface area contributed by atoms with Gasteiger partial charge >= 0.3 is 0 Å². The number of aromatic nitrogens is 1. The lowest BCUT2D eigenvalue weighted by atomic mass is 9.98. The van der Waals surface area contributed by atoms with E-state index in [4.69, 9.17) is 29.0 Å². The molecule has 0 aliphatic carbocycles. The maximum atomic E-state index is 5.64. The van der Waals surface area contributed by atoms with Crippen LogP contribution in [-0.2, 0) is 0 Å². The second-order valence-electron chi connectivity index (χ2n) is 8.20. The molecule has 1 atom stereocenters. The summed E-state index contributed by atoms with van der Waals surface area (Å²) < 4.78 is 21.8. The molecule has 6 rings (SSSR count). The normalized spacial score (nSPS) is 16.3. The molecule has 0 fully saturated rings. The SMILES string of the molecule is COc1ccc(C2=NN(c3nc(-c4ccc(OC)cc4)cs3)C(c3ccc4c(c3)OCO4)C2)cc1. The van der Waals surface area contributed by atoms with Crippen LogP contribution < -0.4 is 24.0 Å². The van der Waals surface area contributed by atoms with Crippen molar-refractivity contribution in [2.45, 2.75) is 12.5 Å². The molecule has 2 aliphatic heterocycles. The highest BCUT2D eigenvalue weighted by atomic mass is 32.1. The fourth-order valence-corrected chi connectivity index (χ4v) is 5.12. The standard InChI is InChI=1S/C27H23N3O4S/c1-31-20-8-3-17(4-9-20)22-14-24(19-7-12-25-26(13-19)34-16-33-25)30(29-22)27-28-23(15-35-27)18-5-10-21(32-2)11-6-18/h3-13,15,24H,14,16H2,1-2H3. The lowest BCUT2D eigenvalue weighted by molar-refractivity contribution is 0.174. The van der Waals surface area contributed by atoms with Gasteiger partial charge in [-0.05, 0) is 71.8 Å². The highest BCUT2D eigenvalue weighted by Crippen LogP contribution is 2.42. The molecule has 8 heteroatoms. The van der Waals surface area contributed by atoms with E-state index in [1.165, 1.54) is 0 Å². The van der Waals surface area contributed by atoms with E-state index in [1.807, 2.05) is 65.7 Å². The van der Waals surface area contributed by atoms with Gasteiger partial charge < -0.3 is 18.9 Å². The van der Waals surface area contributed by atoms with Crippen molar-refractivity contribution in [2.75, 3.05) is 26.0 Å². The maximum absolute atomic E-state index is 5.64. The molecule has 3 aromatic carbocycles. The molecular formula is C27H23N3O4S. The summed E-state index contributed by atoms with van der Waals surface area (Å²) in [6.07, 6.45) is 0.740. The van der Waals surface area contributed by atoms with Gasteiger partial charge in [-0.25, -0.2) is 9.99 Å². The van der Waals surface area contributed by atoms with Crippen LogP contribution in [0.25, 0.3) is 11.3 Å². The largest absolute Gasteiger partial charge is 0.497 e. The highest BCUT2D eigenvalue weighted by molar-refractivity contribution is 7.14. The molecule has 0 saturated heterocycles. The summed E-state index contributed by atoms with van der Waals surface area (Å²) >= 11 is 1.58. The van der Waals surface area contributed by atoms with Crippen LogP contribution in [0.2, 0.25) is 0 Å². The topological polar surface area (TPSA) is 65.4 Å². The minimum Gasteiger partial charge on any atom is -0.497 e. The van der Waals surface area contributed by atoms with Gasteiger partial charge in [0.2, 0.25) is 11.9 Å². The van der Waals surface area contributed by atoms with Gasteiger partial charge in [0.25, 0.3) is 0 Å². The summed E-state index contributed by atoms with van der Waals surface area (Å²) in [4.78, 5) is 4.94. The summed E-state index contributed by atoms with van der Waals surface area (Å²) in [7, 11) is 3.33. The molecule has 0 saturated carbocycles. The van der Waals surface area contributed by atoms with Gasteiger partial charge in [0.15, 0.2) is 11.5 Å². The minimum atomic E-state index is -0.0172. The average Bonchev–Trinajstić information content (AvgIpc) is 3.67. The Hall–Kier alpha value is -4.04. The number of nitrogens with zero attached hydrogens (tertiary/aromatic N) is 3. The van der Waals surface area contributed by atoms with E-state index in [9.17, 15) is 0 Å². The van der Waals surface area contributed by atoms with E-state index in [-0.39, 0.29) is 12.8 Å². The fourth-order valence-electron chi connectivity index (χ4n) is 4.29. The first-order valence-corrected chi connectivity index (χ1v) is 12.1. The van der Waals surface area contributed by atoms with Crippen molar-refractivity contribution in [3.63, 3.8) is 0 Å². The van der Waals surface area contributed by atoms with Crippen LogP contribution in [0.3, 0.4) is 0 Å². The summed E-state index contributed by atoms with van der Waals surface area (Å²) in [5.74, 6) is 3.17. The van der Waals surface area contributed by atoms with E-state index in [1.54, 1.807) is 25.6 Å². The summed E-state index contributed by atoms with van der Waals surface area (Å²) in [6, 6.07) is 22.0. The Kier molecular flexibility index (Phi) is 5.50. The molecule has 0 amide bonds. The second kappa shape index (κ2) is 8.96. The van der Waals surface area contributed by atoms with Gasteiger partial charge in [0, 0.05) is 17.4 Å². The number of fused-ring (bicyclic) bond motifs is 1. The summed E-state index contributed by atoms with van der Waals surface area (Å²) in [5.41, 5.74) is 5.10. The van der Waals surface area contributed by atoms with Crippen LogP contribution in [-0.4, -0.2) is 31.7 Å². The van der Waals surface area contributed by atoms with Crippen LogP contribution in [0.4, 0.5) is 5.13 Å². The van der Waals surface area contributed by atoms with Gasteiger partial charge in [-0.1, -0.05) is 6.07 Å². The van der Waals surface area contributed by atoms with Crippen LogP contribution >= 0.6 is 11.3 Å². The molecule has 35 heavy (non-hydrogen) atoms. The Labute approximate surface area is 207 Å². The van der Waals surface area contributed by atoms with E-state index >= 15 is 0 Å². The van der Waals surface area contributed by atoms with Crippen LogP contribution in [0.1, 0.15) is 23.6 Å². The van der Waals surface area contributed by atoms with Gasteiger partial charge in [-0.15, -0.1) is 11.3 Å². The zero-order valence-electron chi connectivity index (χ0n) is 19.3. The first kappa shape index (κ1) is 21.5. The van der Waals surface area contributed by atoms with Crippen molar-refractivity contribution in [3.8, 4) is 34.3 Å². The predicted octanol–water partition coefficient (Wildman–Crippen LogP) is 5.91. The molecule has 1 aromatic heterocycles. The number of hydrogen-bond acceptors (Lipinski definition) is 8. The molecule has 0 radical (unpaired) electrons. The lowest BCUT2D eigenvalue weighted by Gasteiger charge is -2.21. The predicted molar refractivity (Wildman–Crippen MR) is 136 cm³/mol. The minimum absolute atomic E-state index is 0.0172. The van der Waals surface area contributed by atoms with Gasteiger partial charge in [-0.3, -0.25) is 0 Å². The number of rotatable bonds is 6. The maximum Gasteiger partial charge on any atom is 0.231 e. The number of hydrazone groups is 1. The van der Waals surface area contributed by atoms with Crippen molar-refractivity contribution in [3.05, 3.63) is 83.2 Å². The third-order valence-corrected chi connectivity index (χ3v) is 7.02. The number of anilines is 1. The smallest absolute Gasteiger partial charge is 0.231 e. The Morgan fingerprint density at radius 3 is 2.26 bits per heavy atom. The molecule has 3 heterocycles. The number of ether oxygens (including phenoxy) is 4. The fraction of sp³-hybridized carbons (Fsp3) is 0.185. The highest BCUT2D eigenvalue weighted by Gasteiger charge is 2.33. The number of hydrogen-bond donors (Lipinski definition) is 0. The molecule has 176 valence electrons. The molecule has 0 spiro atoms. The van der Waals surface area contributed by atoms with Crippen molar-refractivity contribution in [1.82, 2.24) is 4.98 Å². The van der Waals surface area contributed by atoms with E-state index in [0.717, 1.165) is 62.6 Å². The van der Waals surface area contributed by atoms with Gasteiger partial charge in [0.1, 0.15) is 11.5 Å². The third kappa shape index (κ3) is 4.06. The summed E-state index contributed by atoms with van der Waals surface area (Å²) in [5, 5.41) is 9.96. The van der Waals surface area contributed by atoms with Crippen molar-refractivity contribution in [2.24, 2.45) is 5.10 Å². The quantitative estimate of drug-likeness (QED) is 0.338. The third-order valence-electron chi connectivity index (χ3n) is 6.19. The Morgan fingerprint density at radius 1 is 0.857 bits per heavy atom. The molecule has 4 aromatic rings. The molecule has 0 bridgehead atoms. The molecule has 0 N–H and O–H groups in total. The first-order valence-electron chi connectivity index (χ1n) is 11.2. The monoisotopic (exact) mass is 485 g/mol. The van der Waals surface area contributed by atoms with Crippen molar-refractivity contribution < 1.29 is 18.9 Å². The van der Waals surface area contributed by atoms with Crippen molar-refractivity contribution in [1.29, 1.82) is 0 Å². The second-order valence-corrected chi connectivity index (χ2v) is 9.03. The molecule has 1 unspecified atom stereocenters. The van der Waals surface area contributed by atoms with Crippen LogP contribution in [0.15, 0.2) is 77.2 Å². The first-order chi connectivity index (χ1) is 17.2. The molecular weight excluding hydrogens is 462 g/mol. The Bertz CT molecular complexity index is 1380. The van der Waals surface area contributed by atoms with Crippen molar-refractivity contribution >= 4 is 22.2 Å². The Morgan fingerprint density at radius 2 is 1.54 bits per heavy atom. The Balaban J connectivity index is 1.36. The average molecular weight is 486 g/mol. The van der Waals surface area contributed by atoms with Gasteiger partial charge in [0.05, 0.1) is 31.7 Å². The van der Waals surface area contributed by atoms with Crippen LogP contribution in [0, 0.1) is 0 Å². The molecule has 2 aliphatic rings. The molecule has 7 nitrogen and oxygen atoms in total. The number of benzene rings is 3. The van der Waals surface area contributed by atoms with E-state index in [0.29, 0.717) is 0 Å². The zero-order valence-corrected chi connectivity index (χ0v) is 20.1. The number of methoxy groups -OCH3 is 2. The number of thiazole rings is 1. The zero-order chi connectivity index (χ0) is 23.8. The van der Waals surface area contributed by atoms with E-state index < -0.39 is 0 Å². The lowest BCUT2D eigenvalue weighted by Crippen LogP contribution is -2.18. The van der Waals surface area contributed by atoms with E-state index in [2.05, 4.69) is 11.4 Å². The van der Waals surface area contributed by atoms with Gasteiger partial charge in [-0.2, -0.15) is 5.10 Å². The summed E-state index contributed by atoms with van der Waals surface area (Å²) in [6.45, 7) is 0.248. The van der Waals surface area contributed by atoms with Crippen LogP contribution in [0.5, 0.6) is 23.0 Å².